The molecule has 0 bridgehead atoms. The van der Waals surface area contributed by atoms with Crippen LogP contribution in [0.1, 0.15) is 18.7 Å². The molecule has 0 saturated carbocycles. The number of hydrogen-bond acceptors (Lipinski definition) is 5. The van der Waals surface area contributed by atoms with Crippen LogP contribution in [0.5, 0.6) is 0 Å². The van der Waals surface area contributed by atoms with Gasteiger partial charge in [0.1, 0.15) is 11.5 Å². The van der Waals surface area contributed by atoms with E-state index < -0.39 is 16.8 Å². The Morgan fingerprint density at radius 2 is 2.22 bits per heavy atom. The van der Waals surface area contributed by atoms with Gasteiger partial charge in [0, 0.05) is 12.1 Å². The average Bonchev–Trinajstić information content (AvgIpc) is 2.77. The Balaban J connectivity index is 2.46. The first kappa shape index (κ1) is 12.1. The van der Waals surface area contributed by atoms with Gasteiger partial charge in [-0.3, -0.25) is 10.1 Å². The molecule has 0 aliphatic heterocycles. The smallest absolute Gasteiger partial charge is 0.274 e. The van der Waals surface area contributed by atoms with Crippen LogP contribution in [0, 0.1) is 15.9 Å². The van der Waals surface area contributed by atoms with Gasteiger partial charge in [0.15, 0.2) is 0 Å². The lowest BCUT2D eigenvalue weighted by molar-refractivity contribution is -0.385. The predicted octanol–water partition coefficient (Wildman–Crippen LogP) is 1.37. The third-order valence-corrected chi connectivity index (χ3v) is 2.28. The molecule has 94 valence electrons. The maximum atomic E-state index is 13.2. The van der Waals surface area contributed by atoms with Crippen LogP contribution >= 0.6 is 0 Å². The lowest BCUT2D eigenvalue weighted by atomic mass is 10.2. The first-order chi connectivity index (χ1) is 8.47. The van der Waals surface area contributed by atoms with Crippen molar-refractivity contribution in [3.05, 3.63) is 46.0 Å². The molecular formula is C10H9FN4O3. The summed E-state index contributed by atoms with van der Waals surface area (Å²) >= 11 is 0. The zero-order valence-corrected chi connectivity index (χ0v) is 9.32. The number of non-ortho nitro benzene ring substituents is 1. The first-order valence-electron chi connectivity index (χ1n) is 5.03. The molecule has 0 radical (unpaired) electrons. The molecule has 0 fully saturated rings. The Bertz CT molecular complexity index is 597. The van der Waals surface area contributed by atoms with Crippen molar-refractivity contribution in [1.82, 2.24) is 15.0 Å². The first-order valence-corrected chi connectivity index (χ1v) is 5.03. The number of aliphatic hydroxyl groups excluding tert-OH is 1. The molecule has 0 aliphatic carbocycles. The normalized spacial score (nSPS) is 12.4. The Hall–Kier alpha value is -2.35. The number of benzene rings is 1. The third-order valence-electron chi connectivity index (χ3n) is 2.28. The van der Waals surface area contributed by atoms with E-state index in [1.54, 1.807) is 0 Å². The van der Waals surface area contributed by atoms with Crippen molar-refractivity contribution in [2.24, 2.45) is 0 Å². The van der Waals surface area contributed by atoms with Gasteiger partial charge >= 0.3 is 0 Å². The van der Waals surface area contributed by atoms with E-state index in [4.69, 9.17) is 0 Å². The van der Waals surface area contributed by atoms with Gasteiger partial charge < -0.3 is 5.11 Å². The van der Waals surface area contributed by atoms with E-state index in [1.165, 1.54) is 19.2 Å². The molecule has 1 aromatic carbocycles. The van der Waals surface area contributed by atoms with Crippen molar-refractivity contribution in [3.63, 3.8) is 0 Å². The molecule has 1 N–H and O–H groups in total. The van der Waals surface area contributed by atoms with Crippen LogP contribution in [0.4, 0.5) is 10.1 Å². The minimum Gasteiger partial charge on any atom is -0.387 e. The van der Waals surface area contributed by atoms with Gasteiger partial charge in [-0.15, -0.1) is 5.10 Å². The van der Waals surface area contributed by atoms with Crippen molar-refractivity contribution in [1.29, 1.82) is 0 Å². The Labute approximate surface area is 101 Å². The van der Waals surface area contributed by atoms with Crippen LogP contribution in [0.25, 0.3) is 5.69 Å². The monoisotopic (exact) mass is 252 g/mol. The van der Waals surface area contributed by atoms with Crippen molar-refractivity contribution in [3.8, 4) is 5.69 Å². The van der Waals surface area contributed by atoms with E-state index in [1.807, 2.05) is 0 Å². The molecule has 1 aromatic heterocycles. The molecule has 1 heterocycles. The Morgan fingerprint density at radius 1 is 1.50 bits per heavy atom. The molecule has 1 unspecified atom stereocenters. The standard InChI is InChI=1S/C10H9FN4O3/c1-6(16)10-5-14(13-12-10)8-2-7(11)3-9(4-8)15(17)18/h2-6,16H,1H3. The van der Waals surface area contributed by atoms with Crippen molar-refractivity contribution >= 4 is 5.69 Å². The van der Waals surface area contributed by atoms with Crippen LogP contribution < -0.4 is 0 Å². The second-order valence-electron chi connectivity index (χ2n) is 3.69. The van der Waals surface area contributed by atoms with Crippen molar-refractivity contribution < 1.29 is 14.4 Å². The molecule has 0 saturated heterocycles. The molecule has 0 aliphatic rings. The number of aliphatic hydroxyl groups is 1. The van der Waals surface area contributed by atoms with Crippen LogP contribution in [0.15, 0.2) is 24.4 Å². The van der Waals surface area contributed by atoms with Gasteiger partial charge in [0.05, 0.1) is 29.0 Å². The highest BCUT2D eigenvalue weighted by molar-refractivity contribution is 5.43. The van der Waals surface area contributed by atoms with Gasteiger partial charge in [-0.1, -0.05) is 5.21 Å². The van der Waals surface area contributed by atoms with Gasteiger partial charge in [-0.25, -0.2) is 9.07 Å². The molecule has 8 heteroatoms. The number of nitro groups is 1. The van der Waals surface area contributed by atoms with E-state index in [2.05, 4.69) is 10.3 Å². The average molecular weight is 252 g/mol. The van der Waals surface area contributed by atoms with Crippen LogP contribution in [0.2, 0.25) is 0 Å². The molecule has 0 spiro atoms. The SMILES string of the molecule is CC(O)c1cn(-c2cc(F)cc([N+](=O)[O-])c2)nn1. The number of halogens is 1. The van der Waals surface area contributed by atoms with E-state index in [0.717, 1.165) is 16.8 Å². The lowest BCUT2D eigenvalue weighted by Crippen LogP contribution is -1.98. The summed E-state index contributed by atoms with van der Waals surface area (Å²) in [7, 11) is 0. The van der Waals surface area contributed by atoms with Gasteiger partial charge in [0.25, 0.3) is 5.69 Å². The summed E-state index contributed by atoms with van der Waals surface area (Å²) in [6.07, 6.45) is 0.561. The summed E-state index contributed by atoms with van der Waals surface area (Å²) in [5.41, 5.74) is 0.0853. The van der Waals surface area contributed by atoms with Gasteiger partial charge in [-0.05, 0) is 6.92 Å². The highest BCUT2D eigenvalue weighted by Crippen LogP contribution is 2.19. The van der Waals surface area contributed by atoms with Crippen LogP contribution in [0.3, 0.4) is 0 Å². The van der Waals surface area contributed by atoms with Gasteiger partial charge in [-0.2, -0.15) is 0 Å². The number of hydrogen-bond donors (Lipinski definition) is 1. The quantitative estimate of drug-likeness (QED) is 0.657. The van der Waals surface area contributed by atoms with E-state index in [-0.39, 0.29) is 11.4 Å². The van der Waals surface area contributed by atoms with Crippen LogP contribution in [-0.2, 0) is 0 Å². The molecule has 0 amide bonds. The third kappa shape index (κ3) is 2.33. The molecule has 7 nitrogen and oxygen atoms in total. The van der Waals surface area contributed by atoms with Crippen LogP contribution in [-0.4, -0.2) is 25.0 Å². The highest BCUT2D eigenvalue weighted by Gasteiger charge is 2.13. The Kier molecular flexibility index (Phi) is 3.02. The maximum Gasteiger partial charge on any atom is 0.274 e. The largest absolute Gasteiger partial charge is 0.387 e. The van der Waals surface area contributed by atoms with E-state index in [0.29, 0.717) is 5.69 Å². The summed E-state index contributed by atoms with van der Waals surface area (Å²) in [5.74, 6) is -0.742. The number of aromatic nitrogens is 3. The topological polar surface area (TPSA) is 94.1 Å². The fourth-order valence-corrected chi connectivity index (χ4v) is 1.39. The van der Waals surface area contributed by atoms with E-state index in [9.17, 15) is 19.6 Å². The minimum atomic E-state index is -0.817. The minimum absolute atomic E-state index is 0.168. The second kappa shape index (κ2) is 4.49. The second-order valence-corrected chi connectivity index (χ2v) is 3.69. The number of rotatable bonds is 3. The fourth-order valence-electron chi connectivity index (χ4n) is 1.39. The fraction of sp³-hybridized carbons (Fsp3) is 0.200. The van der Waals surface area contributed by atoms with Gasteiger partial charge in [0.2, 0.25) is 0 Å². The zero-order valence-electron chi connectivity index (χ0n) is 9.32. The summed E-state index contributed by atoms with van der Waals surface area (Å²) in [6.45, 7) is 1.50. The zero-order chi connectivity index (χ0) is 13.3. The summed E-state index contributed by atoms with van der Waals surface area (Å²) in [5, 5.41) is 27.2. The number of nitro benzene ring substituents is 1. The molecular weight excluding hydrogens is 243 g/mol. The van der Waals surface area contributed by atoms with Crippen molar-refractivity contribution in [2.75, 3.05) is 0 Å². The summed E-state index contributed by atoms with van der Waals surface area (Å²) < 4.78 is 14.4. The number of nitrogens with zero attached hydrogens (tertiary/aromatic N) is 4. The molecule has 1 atom stereocenters. The van der Waals surface area contributed by atoms with E-state index >= 15 is 0 Å². The maximum absolute atomic E-state index is 13.2. The summed E-state index contributed by atoms with van der Waals surface area (Å²) in [6, 6.07) is 3.08. The molecule has 18 heavy (non-hydrogen) atoms. The van der Waals surface area contributed by atoms with Crippen molar-refractivity contribution in [2.45, 2.75) is 13.0 Å². The predicted molar refractivity (Wildman–Crippen MR) is 58.6 cm³/mol. The molecule has 2 aromatic rings. The molecule has 2 rings (SSSR count). The summed E-state index contributed by atoms with van der Waals surface area (Å²) in [4.78, 5) is 9.91. The lowest BCUT2D eigenvalue weighted by Gasteiger charge is -2.00. The Morgan fingerprint density at radius 3 is 2.78 bits per heavy atom. The highest BCUT2D eigenvalue weighted by atomic mass is 19.1.